The van der Waals surface area contributed by atoms with Gasteiger partial charge in [0.05, 0.1) is 13.0 Å². The monoisotopic (exact) mass is 199 g/mol. The Morgan fingerprint density at radius 1 is 1.21 bits per heavy atom. The Balaban J connectivity index is 2.76. The summed E-state index contributed by atoms with van der Waals surface area (Å²) in [4.78, 5) is 11.5. The normalized spacial score (nSPS) is 25.8. The van der Waals surface area contributed by atoms with Crippen LogP contribution in [0, 0.1) is 5.92 Å². The van der Waals surface area contributed by atoms with Gasteiger partial charge < -0.3 is 10.1 Å². The number of methoxy groups -OCH3 is 1. The third-order valence-corrected chi connectivity index (χ3v) is 2.72. The summed E-state index contributed by atoms with van der Waals surface area (Å²) in [6.07, 6.45) is 1.70. The molecule has 1 saturated heterocycles. The second-order valence-electron chi connectivity index (χ2n) is 5.52. The van der Waals surface area contributed by atoms with Crippen LogP contribution < -0.4 is 5.32 Å². The molecule has 3 nitrogen and oxygen atoms in total. The van der Waals surface area contributed by atoms with Crippen LogP contribution in [0.5, 0.6) is 0 Å². The van der Waals surface area contributed by atoms with E-state index >= 15 is 0 Å². The highest BCUT2D eigenvalue weighted by Gasteiger charge is 2.40. The van der Waals surface area contributed by atoms with Gasteiger partial charge in [-0.05, 0) is 40.5 Å². The van der Waals surface area contributed by atoms with Crippen LogP contribution in [0.15, 0.2) is 0 Å². The third-order valence-electron chi connectivity index (χ3n) is 2.72. The molecular weight excluding hydrogens is 178 g/mol. The van der Waals surface area contributed by atoms with Crippen LogP contribution in [-0.4, -0.2) is 24.2 Å². The average molecular weight is 199 g/mol. The minimum absolute atomic E-state index is 0.0145. The molecule has 0 saturated carbocycles. The van der Waals surface area contributed by atoms with Gasteiger partial charge in [-0.1, -0.05) is 0 Å². The van der Waals surface area contributed by atoms with Crippen LogP contribution >= 0.6 is 0 Å². The van der Waals surface area contributed by atoms with Crippen LogP contribution in [0.3, 0.4) is 0 Å². The SMILES string of the molecule is COC(=O)C1CC(C)(C)NC(C)(C)C1. The third kappa shape index (κ3) is 2.71. The lowest BCUT2D eigenvalue weighted by Crippen LogP contribution is -2.58. The molecule has 1 rings (SSSR count). The predicted octanol–water partition coefficient (Wildman–Crippen LogP) is 1.72. The molecule has 0 aromatic heterocycles. The fraction of sp³-hybridized carbons (Fsp3) is 0.909. The van der Waals surface area contributed by atoms with E-state index in [0.717, 1.165) is 12.8 Å². The largest absolute Gasteiger partial charge is 0.469 e. The van der Waals surface area contributed by atoms with Gasteiger partial charge in [0.15, 0.2) is 0 Å². The van der Waals surface area contributed by atoms with Crippen molar-refractivity contribution in [2.24, 2.45) is 5.92 Å². The minimum atomic E-state index is -0.0762. The number of carbonyl (C=O) groups is 1. The van der Waals surface area contributed by atoms with Crippen molar-refractivity contribution < 1.29 is 9.53 Å². The molecule has 0 bridgehead atoms. The lowest BCUT2D eigenvalue weighted by Gasteiger charge is -2.45. The smallest absolute Gasteiger partial charge is 0.308 e. The van der Waals surface area contributed by atoms with Crippen molar-refractivity contribution in [3.05, 3.63) is 0 Å². The molecule has 0 aromatic rings. The summed E-state index contributed by atoms with van der Waals surface area (Å²) in [5, 5.41) is 3.53. The van der Waals surface area contributed by atoms with Crippen LogP contribution in [0.4, 0.5) is 0 Å². The number of nitrogens with one attached hydrogen (secondary N) is 1. The number of piperidine rings is 1. The Kier molecular flexibility index (Phi) is 2.91. The fourth-order valence-electron chi connectivity index (χ4n) is 2.66. The highest BCUT2D eigenvalue weighted by Crippen LogP contribution is 2.33. The van der Waals surface area contributed by atoms with Crippen LogP contribution in [-0.2, 0) is 9.53 Å². The molecule has 0 radical (unpaired) electrons. The van der Waals surface area contributed by atoms with Gasteiger partial charge in [0.25, 0.3) is 0 Å². The zero-order chi connectivity index (χ0) is 11.0. The highest BCUT2D eigenvalue weighted by atomic mass is 16.5. The Labute approximate surface area is 86.2 Å². The summed E-state index contributed by atoms with van der Waals surface area (Å²) in [5.41, 5.74) is 0.0290. The van der Waals surface area contributed by atoms with E-state index in [4.69, 9.17) is 4.74 Å². The van der Waals surface area contributed by atoms with Crippen LogP contribution in [0.25, 0.3) is 0 Å². The number of hydrogen-bond acceptors (Lipinski definition) is 3. The number of hydrogen-bond donors (Lipinski definition) is 1. The molecule has 82 valence electrons. The Morgan fingerprint density at radius 3 is 2.00 bits per heavy atom. The van der Waals surface area contributed by atoms with E-state index in [2.05, 4.69) is 33.0 Å². The summed E-state index contributed by atoms with van der Waals surface area (Å²) in [7, 11) is 1.46. The van der Waals surface area contributed by atoms with Crippen molar-refractivity contribution in [2.75, 3.05) is 7.11 Å². The average Bonchev–Trinajstić information content (AvgIpc) is 1.97. The summed E-state index contributed by atoms with van der Waals surface area (Å²) in [5.74, 6) is -0.0427. The molecule has 0 amide bonds. The molecule has 0 atom stereocenters. The molecule has 0 aliphatic carbocycles. The van der Waals surface area contributed by atoms with E-state index in [1.54, 1.807) is 0 Å². The van der Waals surface area contributed by atoms with Gasteiger partial charge in [0, 0.05) is 11.1 Å². The standard InChI is InChI=1S/C11H21NO2/c1-10(2)6-8(9(13)14-5)7-11(3,4)12-10/h8,12H,6-7H2,1-5H3. The van der Waals surface area contributed by atoms with Gasteiger partial charge in [-0.2, -0.15) is 0 Å². The predicted molar refractivity (Wildman–Crippen MR) is 56.0 cm³/mol. The number of rotatable bonds is 1. The molecule has 14 heavy (non-hydrogen) atoms. The molecule has 1 aliphatic heterocycles. The lowest BCUT2D eigenvalue weighted by molar-refractivity contribution is -0.148. The molecule has 0 spiro atoms. The van der Waals surface area contributed by atoms with Gasteiger partial charge in [-0.25, -0.2) is 0 Å². The first-order valence-corrected chi connectivity index (χ1v) is 5.13. The zero-order valence-electron chi connectivity index (χ0n) is 9.81. The first kappa shape index (κ1) is 11.5. The van der Waals surface area contributed by atoms with Gasteiger partial charge in [0.2, 0.25) is 0 Å². The van der Waals surface area contributed by atoms with E-state index in [1.807, 2.05) is 0 Å². The molecule has 3 heteroatoms. The van der Waals surface area contributed by atoms with Crippen molar-refractivity contribution in [1.82, 2.24) is 5.32 Å². The maximum Gasteiger partial charge on any atom is 0.308 e. The maximum atomic E-state index is 11.5. The van der Waals surface area contributed by atoms with Gasteiger partial charge in [0.1, 0.15) is 0 Å². The number of esters is 1. The number of carbonyl (C=O) groups excluding carboxylic acids is 1. The molecule has 0 aromatic carbocycles. The second kappa shape index (κ2) is 3.54. The Bertz CT molecular complexity index is 217. The van der Waals surface area contributed by atoms with E-state index in [1.165, 1.54) is 7.11 Å². The van der Waals surface area contributed by atoms with Crippen molar-refractivity contribution in [3.8, 4) is 0 Å². The van der Waals surface area contributed by atoms with Crippen molar-refractivity contribution >= 4 is 5.97 Å². The van der Waals surface area contributed by atoms with Gasteiger partial charge >= 0.3 is 5.97 Å². The van der Waals surface area contributed by atoms with E-state index in [-0.39, 0.29) is 23.0 Å². The second-order valence-corrected chi connectivity index (χ2v) is 5.52. The molecule has 1 heterocycles. The quantitative estimate of drug-likeness (QED) is 0.653. The van der Waals surface area contributed by atoms with Crippen LogP contribution in [0.2, 0.25) is 0 Å². The van der Waals surface area contributed by atoms with Gasteiger partial charge in [-0.15, -0.1) is 0 Å². The highest BCUT2D eigenvalue weighted by molar-refractivity contribution is 5.72. The number of ether oxygens (including phenoxy) is 1. The minimum Gasteiger partial charge on any atom is -0.469 e. The molecule has 1 N–H and O–H groups in total. The summed E-state index contributed by atoms with van der Waals surface area (Å²) >= 11 is 0. The van der Waals surface area contributed by atoms with Gasteiger partial charge in [-0.3, -0.25) is 4.79 Å². The molecule has 1 fully saturated rings. The van der Waals surface area contributed by atoms with Crippen molar-refractivity contribution in [3.63, 3.8) is 0 Å². The van der Waals surface area contributed by atoms with Crippen molar-refractivity contribution in [1.29, 1.82) is 0 Å². The first-order valence-electron chi connectivity index (χ1n) is 5.13. The fourth-order valence-corrected chi connectivity index (χ4v) is 2.66. The van der Waals surface area contributed by atoms with E-state index in [0.29, 0.717) is 0 Å². The molecule has 1 aliphatic rings. The summed E-state index contributed by atoms with van der Waals surface area (Å²) < 4.78 is 4.81. The summed E-state index contributed by atoms with van der Waals surface area (Å²) in [6.45, 7) is 8.52. The van der Waals surface area contributed by atoms with E-state index in [9.17, 15) is 4.79 Å². The molecule has 0 unspecified atom stereocenters. The topological polar surface area (TPSA) is 38.3 Å². The Morgan fingerprint density at radius 2 is 1.64 bits per heavy atom. The molecular formula is C11H21NO2. The van der Waals surface area contributed by atoms with Crippen LogP contribution in [0.1, 0.15) is 40.5 Å². The van der Waals surface area contributed by atoms with E-state index < -0.39 is 0 Å². The van der Waals surface area contributed by atoms with Crippen molar-refractivity contribution in [2.45, 2.75) is 51.6 Å². The maximum absolute atomic E-state index is 11.5. The Hall–Kier alpha value is -0.570. The summed E-state index contributed by atoms with van der Waals surface area (Å²) in [6, 6.07) is 0. The first-order chi connectivity index (χ1) is 6.26. The lowest BCUT2D eigenvalue weighted by atomic mass is 9.76. The zero-order valence-corrected chi connectivity index (χ0v) is 9.81.